The van der Waals surface area contributed by atoms with E-state index in [1.165, 1.54) is 0 Å². The summed E-state index contributed by atoms with van der Waals surface area (Å²) in [6.07, 6.45) is 2.29. The highest BCUT2D eigenvalue weighted by Gasteiger charge is 2.06. The summed E-state index contributed by atoms with van der Waals surface area (Å²) in [5.41, 5.74) is 0. The summed E-state index contributed by atoms with van der Waals surface area (Å²) < 4.78 is 1.03. The van der Waals surface area contributed by atoms with Crippen LogP contribution in [0, 0.1) is 10.1 Å². The third-order valence-corrected chi connectivity index (χ3v) is 0.775. The van der Waals surface area contributed by atoms with Crippen molar-refractivity contribution in [2.75, 3.05) is 5.84 Å². The predicted octanol–water partition coefficient (Wildman–Crippen LogP) is -0.495. The first-order valence-corrected chi connectivity index (χ1v) is 2.13. The first-order valence-electron chi connectivity index (χ1n) is 2.13. The summed E-state index contributed by atoms with van der Waals surface area (Å²) in [4.78, 5) is 12.6. The molecule has 0 aliphatic rings. The van der Waals surface area contributed by atoms with E-state index in [9.17, 15) is 10.1 Å². The maximum absolute atomic E-state index is 9.89. The number of nitrogen functional groups attached to an aromatic ring is 1. The summed E-state index contributed by atoms with van der Waals surface area (Å²) in [7, 11) is 0. The van der Waals surface area contributed by atoms with E-state index in [-0.39, 0.29) is 5.82 Å². The van der Waals surface area contributed by atoms with Crippen molar-refractivity contribution in [2.45, 2.75) is 0 Å². The molecule has 0 saturated heterocycles. The van der Waals surface area contributed by atoms with Crippen molar-refractivity contribution in [3.05, 3.63) is 22.6 Å². The number of aromatic nitrogens is 2. The molecule has 1 heterocycles. The van der Waals surface area contributed by atoms with E-state index >= 15 is 0 Å². The van der Waals surface area contributed by atoms with Crippen molar-refractivity contribution in [1.29, 1.82) is 0 Å². The maximum Gasteiger partial charge on any atom is 0.383 e. The fourth-order valence-electron chi connectivity index (χ4n) is 0.420. The molecule has 6 nitrogen and oxygen atoms in total. The van der Waals surface area contributed by atoms with Gasteiger partial charge in [0.05, 0.1) is 0 Å². The molecule has 1 aromatic heterocycles. The standard InChI is InChI=1S/C3H4N4O2/c4-6-1-3(5-2-6)7(8)9/h1-2H,4H2. The Kier molecular flexibility index (Phi) is 1.07. The highest BCUT2D eigenvalue weighted by Crippen LogP contribution is 2.01. The zero-order valence-electron chi connectivity index (χ0n) is 4.39. The zero-order chi connectivity index (χ0) is 6.85. The molecule has 0 radical (unpaired) electrons. The quantitative estimate of drug-likeness (QED) is 0.314. The Labute approximate surface area is 50.0 Å². The molecule has 0 unspecified atom stereocenters. The van der Waals surface area contributed by atoms with Crippen molar-refractivity contribution in [1.82, 2.24) is 9.66 Å². The number of hydrogen-bond donors (Lipinski definition) is 1. The number of nitrogens with zero attached hydrogens (tertiary/aromatic N) is 3. The number of nitrogens with two attached hydrogens (primary N) is 1. The number of hydrogen-bond acceptors (Lipinski definition) is 4. The second-order valence-electron chi connectivity index (χ2n) is 1.44. The van der Waals surface area contributed by atoms with Crippen LogP contribution in [0.25, 0.3) is 0 Å². The largest absolute Gasteiger partial charge is 0.383 e. The van der Waals surface area contributed by atoms with Crippen LogP contribution in [0.3, 0.4) is 0 Å². The maximum atomic E-state index is 9.89. The third-order valence-electron chi connectivity index (χ3n) is 0.775. The molecule has 0 saturated carbocycles. The molecule has 48 valence electrons. The van der Waals surface area contributed by atoms with Crippen molar-refractivity contribution in [3.63, 3.8) is 0 Å². The lowest BCUT2D eigenvalue weighted by Gasteiger charge is -1.83. The number of nitro groups is 1. The molecule has 0 amide bonds. The van der Waals surface area contributed by atoms with Gasteiger partial charge in [-0.15, -0.1) is 0 Å². The Morgan fingerprint density at radius 1 is 1.89 bits per heavy atom. The van der Waals surface area contributed by atoms with Gasteiger partial charge in [-0.25, -0.2) is 4.68 Å². The predicted molar refractivity (Wildman–Crippen MR) is 29.0 cm³/mol. The first kappa shape index (κ1) is 5.54. The smallest absolute Gasteiger partial charge is 0.358 e. The van der Waals surface area contributed by atoms with Crippen LogP contribution >= 0.6 is 0 Å². The van der Waals surface area contributed by atoms with Crippen molar-refractivity contribution in [2.24, 2.45) is 0 Å². The van der Waals surface area contributed by atoms with E-state index in [1.807, 2.05) is 0 Å². The Morgan fingerprint density at radius 3 is 2.78 bits per heavy atom. The minimum Gasteiger partial charge on any atom is -0.358 e. The Hall–Kier alpha value is -1.59. The molecule has 1 aromatic rings. The van der Waals surface area contributed by atoms with Gasteiger partial charge in [0.15, 0.2) is 0 Å². The second-order valence-corrected chi connectivity index (χ2v) is 1.44. The average Bonchev–Trinajstić information content (AvgIpc) is 2.14. The molecule has 2 N–H and O–H groups in total. The highest BCUT2D eigenvalue weighted by atomic mass is 16.6. The molecular formula is C3H4N4O2. The lowest BCUT2D eigenvalue weighted by molar-refractivity contribution is -0.389. The van der Waals surface area contributed by atoms with Gasteiger partial charge in [0.2, 0.25) is 6.33 Å². The van der Waals surface area contributed by atoms with E-state index in [4.69, 9.17) is 5.84 Å². The third kappa shape index (κ3) is 0.958. The zero-order valence-corrected chi connectivity index (χ0v) is 4.39. The van der Waals surface area contributed by atoms with Crippen LogP contribution in [0.1, 0.15) is 0 Å². The van der Waals surface area contributed by atoms with Crippen LogP contribution < -0.4 is 5.84 Å². The summed E-state index contributed by atoms with van der Waals surface area (Å²) in [6, 6.07) is 0. The minimum absolute atomic E-state index is 0.238. The molecular weight excluding hydrogens is 124 g/mol. The van der Waals surface area contributed by atoms with E-state index < -0.39 is 4.92 Å². The Bertz CT molecular complexity index is 229. The molecule has 0 bridgehead atoms. The molecule has 1 rings (SSSR count). The van der Waals surface area contributed by atoms with Crippen LogP contribution in [0.2, 0.25) is 0 Å². The van der Waals surface area contributed by atoms with Gasteiger partial charge in [-0.1, -0.05) is 0 Å². The van der Waals surface area contributed by atoms with Gasteiger partial charge in [0, 0.05) is 0 Å². The second kappa shape index (κ2) is 1.73. The van der Waals surface area contributed by atoms with Crippen LogP contribution in [-0.4, -0.2) is 14.6 Å². The molecule has 0 aliphatic carbocycles. The molecule has 0 fully saturated rings. The van der Waals surface area contributed by atoms with Gasteiger partial charge < -0.3 is 16.0 Å². The Balaban J connectivity index is 2.98. The van der Waals surface area contributed by atoms with Gasteiger partial charge >= 0.3 is 5.82 Å². The fourth-order valence-corrected chi connectivity index (χ4v) is 0.420. The van der Waals surface area contributed by atoms with E-state index in [1.54, 1.807) is 0 Å². The lowest BCUT2D eigenvalue weighted by atomic mass is 10.8. The van der Waals surface area contributed by atoms with Crippen LogP contribution in [0.5, 0.6) is 0 Å². The topological polar surface area (TPSA) is 87.0 Å². The minimum atomic E-state index is -0.608. The monoisotopic (exact) mass is 128 g/mol. The van der Waals surface area contributed by atoms with Gasteiger partial charge in [-0.2, -0.15) is 0 Å². The summed E-state index contributed by atoms with van der Waals surface area (Å²) in [6.45, 7) is 0. The normalized spacial score (nSPS) is 9.33. The highest BCUT2D eigenvalue weighted by molar-refractivity contribution is 5.11. The number of imidazole rings is 1. The Morgan fingerprint density at radius 2 is 2.56 bits per heavy atom. The molecule has 0 atom stereocenters. The van der Waals surface area contributed by atoms with E-state index in [0.29, 0.717) is 0 Å². The van der Waals surface area contributed by atoms with E-state index in [2.05, 4.69) is 4.98 Å². The summed E-state index contributed by atoms with van der Waals surface area (Å²) >= 11 is 0. The summed E-state index contributed by atoms with van der Waals surface area (Å²) in [5.74, 6) is 4.83. The van der Waals surface area contributed by atoms with Gasteiger partial charge in [-0.05, 0) is 9.91 Å². The van der Waals surface area contributed by atoms with Crippen molar-refractivity contribution >= 4 is 5.82 Å². The molecule has 0 aliphatic heterocycles. The number of rotatable bonds is 1. The van der Waals surface area contributed by atoms with Crippen LogP contribution in [-0.2, 0) is 0 Å². The molecule has 0 aromatic carbocycles. The molecule has 9 heavy (non-hydrogen) atoms. The van der Waals surface area contributed by atoms with E-state index in [0.717, 1.165) is 17.2 Å². The van der Waals surface area contributed by atoms with Gasteiger partial charge in [-0.3, -0.25) is 0 Å². The van der Waals surface area contributed by atoms with Crippen molar-refractivity contribution < 1.29 is 4.92 Å². The molecule has 0 spiro atoms. The average molecular weight is 128 g/mol. The summed E-state index contributed by atoms with van der Waals surface area (Å²) in [5, 5.41) is 9.89. The van der Waals surface area contributed by atoms with Crippen LogP contribution in [0.4, 0.5) is 5.82 Å². The first-order chi connectivity index (χ1) is 4.20. The lowest BCUT2D eigenvalue weighted by Crippen LogP contribution is -2.03. The fraction of sp³-hybridized carbons (Fsp3) is 0. The SMILES string of the molecule is Nn1cnc([N+](=O)[O-])c1. The van der Waals surface area contributed by atoms with Gasteiger partial charge in [0.1, 0.15) is 6.20 Å². The van der Waals surface area contributed by atoms with Crippen molar-refractivity contribution in [3.8, 4) is 0 Å². The van der Waals surface area contributed by atoms with Crippen LogP contribution in [0.15, 0.2) is 12.5 Å². The van der Waals surface area contributed by atoms with Gasteiger partial charge in [0.25, 0.3) is 0 Å². The molecule has 6 heteroatoms.